The molecule has 25 heavy (non-hydrogen) atoms. The van der Waals surface area contributed by atoms with Crippen LogP contribution >= 0.6 is 0 Å². The van der Waals surface area contributed by atoms with Gasteiger partial charge in [0.25, 0.3) is 0 Å². The minimum atomic E-state index is -4.13. The Morgan fingerprint density at radius 2 is 1.60 bits per heavy atom. The molecule has 1 N–H and O–H groups in total. The van der Waals surface area contributed by atoms with Crippen molar-refractivity contribution in [1.82, 2.24) is 0 Å². The van der Waals surface area contributed by atoms with Crippen LogP contribution in [-0.2, 0) is 10.1 Å². The Balaban J connectivity index is 2.19. The lowest BCUT2D eigenvalue weighted by atomic mass is 10.1. The summed E-state index contributed by atoms with van der Waals surface area (Å²) in [5, 5.41) is 19.5. The highest BCUT2D eigenvalue weighted by molar-refractivity contribution is 7.87. The van der Waals surface area contributed by atoms with Gasteiger partial charge in [0.1, 0.15) is 10.6 Å². The van der Waals surface area contributed by atoms with Gasteiger partial charge in [-0.2, -0.15) is 8.42 Å². The molecule has 0 amide bonds. The lowest BCUT2D eigenvalue weighted by Crippen LogP contribution is -2.12. The van der Waals surface area contributed by atoms with E-state index in [4.69, 9.17) is 9.58 Å². The lowest BCUT2D eigenvalue weighted by Gasteiger charge is -2.13. The number of nitrogens with zero attached hydrogens (tertiary/aromatic N) is 2. The minimum absolute atomic E-state index is 0.0438. The van der Waals surface area contributed by atoms with E-state index < -0.39 is 10.1 Å². The molecule has 0 aromatic heterocycles. The number of phenols is 1. The van der Waals surface area contributed by atoms with E-state index in [-0.39, 0.29) is 32.9 Å². The topological polar surface area (TPSA) is 91.8 Å². The van der Waals surface area contributed by atoms with Gasteiger partial charge in [-0.3, -0.25) is 0 Å². The number of diazo groups is 1. The van der Waals surface area contributed by atoms with Crippen molar-refractivity contribution in [3.05, 3.63) is 64.6 Å². The van der Waals surface area contributed by atoms with Crippen LogP contribution in [0.25, 0.3) is 15.7 Å². The first-order chi connectivity index (χ1) is 11.8. The van der Waals surface area contributed by atoms with Crippen molar-refractivity contribution < 1.29 is 17.7 Å². The van der Waals surface area contributed by atoms with Crippen LogP contribution in [0.2, 0.25) is 0 Å². The largest absolute Gasteiger partial charge is 0.501 e. The molecule has 0 bridgehead atoms. The molecule has 0 spiro atoms. The molecule has 3 rings (SSSR count). The molecule has 3 aromatic carbocycles. The Kier molecular flexibility index (Phi) is 4.07. The highest BCUT2D eigenvalue weighted by atomic mass is 32.2. The predicted octanol–water partition coefficient (Wildman–Crippen LogP) is 4.41. The zero-order valence-corrected chi connectivity index (χ0v) is 14.4. The maximum absolute atomic E-state index is 12.8. The fourth-order valence-corrected chi connectivity index (χ4v) is 3.95. The number of aromatic hydroxyl groups is 1. The number of rotatable bonds is 3. The van der Waals surface area contributed by atoms with Gasteiger partial charge in [-0.1, -0.05) is 30.3 Å². The van der Waals surface area contributed by atoms with E-state index >= 15 is 0 Å². The van der Waals surface area contributed by atoms with E-state index in [2.05, 4.69) is 4.98 Å². The third-order valence-corrected chi connectivity index (χ3v) is 5.23. The normalized spacial score (nSPS) is 11.2. The standard InChI is InChI=1S/C18H14N2O4S/c1-11-5-3-6-12(2)18(11)24-25(22,23)16-8-4-7-14-13(16)9-10-15(20-19)17(14)21/h3-10H,1-2H3/p+1. The quantitative estimate of drug-likeness (QED) is 0.555. The number of fused-ring (bicyclic) bond motifs is 1. The Morgan fingerprint density at radius 3 is 2.24 bits per heavy atom. The van der Waals surface area contributed by atoms with Crippen LogP contribution in [0.4, 0.5) is 5.69 Å². The van der Waals surface area contributed by atoms with Crippen molar-refractivity contribution in [1.29, 1.82) is 5.39 Å². The van der Waals surface area contributed by atoms with Crippen LogP contribution in [-0.4, -0.2) is 13.5 Å². The molecule has 0 unspecified atom stereocenters. The second-order valence-electron chi connectivity index (χ2n) is 5.64. The maximum Gasteiger partial charge on any atom is 0.426 e. The third kappa shape index (κ3) is 2.88. The highest BCUT2D eigenvalue weighted by Gasteiger charge is 2.25. The number of aryl methyl sites for hydroxylation is 2. The van der Waals surface area contributed by atoms with Crippen LogP contribution < -0.4 is 4.18 Å². The summed E-state index contributed by atoms with van der Waals surface area (Å²) < 4.78 is 31.0. The van der Waals surface area contributed by atoms with Gasteiger partial charge in [0.15, 0.2) is 4.98 Å². The summed E-state index contributed by atoms with van der Waals surface area (Å²) in [5.41, 5.74) is 1.36. The summed E-state index contributed by atoms with van der Waals surface area (Å²) in [4.78, 5) is 2.90. The van der Waals surface area contributed by atoms with Crippen LogP contribution in [0, 0.1) is 19.2 Å². The fraction of sp³-hybridized carbons (Fsp3) is 0.111. The van der Waals surface area contributed by atoms with Crippen molar-refractivity contribution in [2.75, 3.05) is 0 Å². The van der Waals surface area contributed by atoms with E-state index in [1.165, 1.54) is 30.3 Å². The minimum Gasteiger partial charge on any atom is -0.501 e. The molecule has 126 valence electrons. The summed E-state index contributed by atoms with van der Waals surface area (Å²) >= 11 is 0. The molecular weight excluding hydrogens is 340 g/mol. The average molecular weight is 355 g/mol. The Morgan fingerprint density at radius 1 is 0.960 bits per heavy atom. The third-order valence-electron chi connectivity index (χ3n) is 3.95. The highest BCUT2D eigenvalue weighted by Crippen LogP contribution is 2.38. The molecule has 0 aliphatic carbocycles. The van der Waals surface area contributed by atoms with E-state index in [1.54, 1.807) is 26.0 Å². The fourth-order valence-electron chi connectivity index (χ4n) is 2.69. The summed E-state index contributed by atoms with van der Waals surface area (Å²) in [6, 6.07) is 12.6. The molecule has 0 aliphatic rings. The van der Waals surface area contributed by atoms with Gasteiger partial charge in [-0.25, -0.2) is 0 Å². The summed E-state index contributed by atoms with van der Waals surface area (Å²) in [6.07, 6.45) is 0. The number of para-hydroxylation sites is 1. The van der Waals surface area contributed by atoms with E-state index in [0.717, 1.165) is 0 Å². The number of hydrogen-bond acceptors (Lipinski definition) is 5. The molecule has 0 saturated carbocycles. The number of hydrogen-bond donors (Lipinski definition) is 1. The van der Waals surface area contributed by atoms with E-state index in [9.17, 15) is 13.5 Å². The van der Waals surface area contributed by atoms with Gasteiger partial charge < -0.3 is 9.29 Å². The Labute approximate surface area is 145 Å². The number of phenolic OH excluding ortho intramolecular Hbond substituents is 1. The molecule has 0 aliphatic heterocycles. The van der Waals surface area contributed by atoms with Crippen LogP contribution in [0.1, 0.15) is 11.1 Å². The first-order valence-electron chi connectivity index (χ1n) is 7.45. The van der Waals surface area contributed by atoms with Gasteiger partial charge in [0.05, 0.1) is 0 Å². The first-order valence-corrected chi connectivity index (χ1v) is 8.86. The Hall–Kier alpha value is -3.11. The van der Waals surface area contributed by atoms with Crippen molar-refractivity contribution in [2.45, 2.75) is 18.7 Å². The predicted molar refractivity (Wildman–Crippen MR) is 94.1 cm³/mol. The van der Waals surface area contributed by atoms with Crippen molar-refractivity contribution >= 4 is 26.6 Å². The van der Waals surface area contributed by atoms with Crippen molar-refractivity contribution in [2.24, 2.45) is 0 Å². The monoisotopic (exact) mass is 355 g/mol. The van der Waals surface area contributed by atoms with Crippen LogP contribution in [0.15, 0.2) is 53.4 Å². The first kappa shape index (κ1) is 16.7. The van der Waals surface area contributed by atoms with Gasteiger partial charge >= 0.3 is 15.8 Å². The molecule has 0 fully saturated rings. The van der Waals surface area contributed by atoms with Gasteiger partial charge in [-0.15, -0.1) is 0 Å². The van der Waals surface area contributed by atoms with Crippen molar-refractivity contribution in [3.63, 3.8) is 0 Å². The number of benzene rings is 3. The average Bonchev–Trinajstić information content (AvgIpc) is 2.58. The van der Waals surface area contributed by atoms with E-state index in [1.807, 2.05) is 6.07 Å². The molecule has 0 saturated heterocycles. The summed E-state index contributed by atoms with van der Waals surface area (Å²) in [5.74, 6) is -0.0187. The molecular formula is C18H15N2O4S+. The zero-order valence-electron chi connectivity index (χ0n) is 13.6. The smallest absolute Gasteiger partial charge is 0.426 e. The van der Waals surface area contributed by atoms with Crippen LogP contribution in [0.5, 0.6) is 11.5 Å². The SMILES string of the molecule is Cc1cccc(C)c1OS(=O)(=O)c1cccc2c(O)c([N+]#N)ccc12. The Bertz CT molecular complexity index is 1110. The summed E-state index contributed by atoms with van der Waals surface area (Å²) in [7, 11) is -4.13. The summed E-state index contributed by atoms with van der Waals surface area (Å²) in [6.45, 7) is 3.53. The zero-order chi connectivity index (χ0) is 18.2. The molecule has 3 aromatic rings. The van der Waals surface area contributed by atoms with Crippen molar-refractivity contribution in [3.8, 4) is 11.5 Å². The maximum atomic E-state index is 12.8. The molecule has 0 atom stereocenters. The molecule has 7 heteroatoms. The molecule has 0 radical (unpaired) electrons. The van der Waals surface area contributed by atoms with Gasteiger partial charge in [0.2, 0.25) is 11.1 Å². The lowest BCUT2D eigenvalue weighted by molar-refractivity contribution is 0.482. The van der Waals surface area contributed by atoms with E-state index in [0.29, 0.717) is 11.1 Å². The molecule has 0 heterocycles. The van der Waals surface area contributed by atoms with Crippen LogP contribution in [0.3, 0.4) is 0 Å². The second-order valence-corrected chi connectivity index (χ2v) is 7.16. The van der Waals surface area contributed by atoms with Gasteiger partial charge in [0, 0.05) is 16.8 Å². The molecule has 6 nitrogen and oxygen atoms in total. The second kappa shape index (κ2) is 6.07. The van der Waals surface area contributed by atoms with Gasteiger partial charge in [-0.05, 0) is 37.1 Å².